The molecule has 0 aromatic carbocycles. The Labute approximate surface area is 150 Å². The fourth-order valence-corrected chi connectivity index (χ4v) is 5.88. The number of amides is 1. The van der Waals surface area contributed by atoms with Gasteiger partial charge in [-0.2, -0.15) is 9.57 Å². The molecule has 10 heteroatoms. The molecule has 136 valence electrons. The zero-order valence-electron chi connectivity index (χ0n) is 13.6. The fraction of sp³-hybridized carbons (Fsp3) is 0.600. The molecule has 2 heterocycles. The maximum atomic E-state index is 12.8. The number of carbonyl (C=O) groups is 1. The van der Waals surface area contributed by atoms with Gasteiger partial charge in [0.2, 0.25) is 5.91 Å². The molecule has 8 nitrogen and oxygen atoms in total. The molecule has 1 aromatic heterocycles. The maximum Gasteiger partial charge on any atom is 0.252 e. The highest BCUT2D eigenvalue weighted by Crippen LogP contribution is 2.46. The van der Waals surface area contributed by atoms with E-state index < -0.39 is 27.6 Å². The molecular formula is C15H20N4O4S2. The van der Waals surface area contributed by atoms with Crippen LogP contribution >= 0.6 is 11.3 Å². The van der Waals surface area contributed by atoms with E-state index in [1.54, 1.807) is 0 Å². The van der Waals surface area contributed by atoms with Crippen molar-refractivity contribution >= 4 is 32.3 Å². The molecule has 0 spiro atoms. The summed E-state index contributed by atoms with van der Waals surface area (Å²) in [6.07, 6.45) is 2.14. The Hall–Kier alpha value is -1.51. The summed E-state index contributed by atoms with van der Waals surface area (Å²) in [6.45, 7) is 0.917. The van der Waals surface area contributed by atoms with Crippen LogP contribution in [0, 0.1) is 16.7 Å². The van der Waals surface area contributed by atoms with E-state index in [0.29, 0.717) is 25.9 Å². The van der Waals surface area contributed by atoms with Crippen LogP contribution in [-0.2, 0) is 14.8 Å². The Balaban J connectivity index is 1.89. The number of aliphatic hydroxyl groups excluding tert-OH is 1. The molecular weight excluding hydrogens is 364 g/mol. The molecule has 2 aliphatic rings. The van der Waals surface area contributed by atoms with Gasteiger partial charge < -0.3 is 16.2 Å². The molecule has 25 heavy (non-hydrogen) atoms. The van der Waals surface area contributed by atoms with Crippen LogP contribution < -0.4 is 11.1 Å². The van der Waals surface area contributed by atoms with Crippen molar-refractivity contribution in [3.63, 3.8) is 0 Å². The molecule has 3 rings (SSSR count). The van der Waals surface area contributed by atoms with Gasteiger partial charge in [0.25, 0.3) is 10.0 Å². The van der Waals surface area contributed by atoms with Gasteiger partial charge in [-0.15, -0.1) is 11.3 Å². The minimum absolute atomic E-state index is 0.0333. The zero-order chi connectivity index (χ0) is 18.2. The van der Waals surface area contributed by atoms with Gasteiger partial charge in [0.1, 0.15) is 20.9 Å². The molecule has 0 bridgehead atoms. The van der Waals surface area contributed by atoms with Crippen molar-refractivity contribution in [2.45, 2.75) is 42.5 Å². The SMILES string of the molecule is N#CC1(C(=O)Nc2sc(S(=O)(=O)N3CCCCC3)cc2C(N)O)CC1. The number of piperidine rings is 1. The third kappa shape index (κ3) is 3.43. The van der Waals surface area contributed by atoms with Crippen LogP contribution in [0.5, 0.6) is 0 Å². The first-order valence-electron chi connectivity index (χ1n) is 8.10. The molecule has 1 saturated carbocycles. The predicted molar refractivity (Wildman–Crippen MR) is 92.0 cm³/mol. The number of thiophene rings is 1. The van der Waals surface area contributed by atoms with E-state index in [-0.39, 0.29) is 14.8 Å². The van der Waals surface area contributed by atoms with Crippen LogP contribution in [0.2, 0.25) is 0 Å². The maximum absolute atomic E-state index is 12.8. The van der Waals surface area contributed by atoms with Gasteiger partial charge in [-0.3, -0.25) is 4.79 Å². The Kier molecular flexibility index (Phi) is 4.87. The number of aliphatic hydroxyl groups is 1. The monoisotopic (exact) mass is 384 g/mol. The lowest BCUT2D eigenvalue weighted by Gasteiger charge is -2.25. The molecule has 1 aromatic rings. The third-order valence-electron chi connectivity index (χ3n) is 4.59. The van der Waals surface area contributed by atoms with Crippen LogP contribution in [0.15, 0.2) is 10.3 Å². The van der Waals surface area contributed by atoms with Crippen molar-refractivity contribution in [2.24, 2.45) is 11.1 Å². The molecule has 2 fully saturated rings. The second-order valence-electron chi connectivity index (χ2n) is 6.41. The predicted octanol–water partition coefficient (Wildman–Crippen LogP) is 1.11. The molecule has 0 radical (unpaired) electrons. The highest BCUT2D eigenvalue weighted by atomic mass is 32.2. The normalized spacial score (nSPS) is 21.3. The van der Waals surface area contributed by atoms with Crippen molar-refractivity contribution in [3.8, 4) is 6.07 Å². The number of carbonyl (C=O) groups excluding carboxylic acids is 1. The lowest BCUT2D eigenvalue weighted by atomic mass is 10.1. The third-order valence-corrected chi connectivity index (χ3v) is 8.01. The summed E-state index contributed by atoms with van der Waals surface area (Å²) in [4.78, 5) is 12.3. The summed E-state index contributed by atoms with van der Waals surface area (Å²) < 4.78 is 27.0. The Morgan fingerprint density at radius 3 is 2.56 bits per heavy atom. The topological polar surface area (TPSA) is 137 Å². The molecule has 1 atom stereocenters. The lowest BCUT2D eigenvalue weighted by molar-refractivity contribution is -0.119. The summed E-state index contributed by atoms with van der Waals surface area (Å²) >= 11 is 0.860. The number of nitrogens with one attached hydrogen (secondary N) is 1. The minimum Gasteiger partial charge on any atom is -0.374 e. The van der Waals surface area contributed by atoms with Crippen LogP contribution in [0.1, 0.15) is 43.9 Å². The number of nitrogens with zero attached hydrogens (tertiary/aromatic N) is 2. The van der Waals surface area contributed by atoms with Gasteiger partial charge in [0.05, 0.1) is 6.07 Å². The summed E-state index contributed by atoms with van der Waals surface area (Å²) in [5.74, 6) is -0.485. The summed E-state index contributed by atoms with van der Waals surface area (Å²) in [5.41, 5.74) is 4.61. The van der Waals surface area contributed by atoms with Crippen molar-refractivity contribution in [1.82, 2.24) is 4.31 Å². The fourth-order valence-electron chi connectivity index (χ4n) is 2.80. The molecule has 1 saturated heterocycles. The average molecular weight is 384 g/mol. The van der Waals surface area contributed by atoms with Gasteiger partial charge in [-0.05, 0) is 31.7 Å². The van der Waals surface area contributed by atoms with Gasteiger partial charge >= 0.3 is 0 Å². The quantitative estimate of drug-likeness (QED) is 0.651. The highest BCUT2D eigenvalue weighted by molar-refractivity contribution is 7.91. The van der Waals surface area contributed by atoms with E-state index in [9.17, 15) is 18.3 Å². The van der Waals surface area contributed by atoms with Crippen molar-refractivity contribution < 1.29 is 18.3 Å². The summed E-state index contributed by atoms with van der Waals surface area (Å²) in [5, 5.41) is 21.6. The number of sulfonamides is 1. The molecule has 1 aliphatic carbocycles. The molecule has 1 aliphatic heterocycles. The molecule has 1 amide bonds. The average Bonchev–Trinajstić information content (AvgIpc) is 3.29. The van der Waals surface area contributed by atoms with Gasteiger partial charge in [0.15, 0.2) is 0 Å². The van der Waals surface area contributed by atoms with Crippen LogP contribution in [-0.4, -0.2) is 36.8 Å². The summed E-state index contributed by atoms with van der Waals surface area (Å²) in [7, 11) is -3.69. The van der Waals surface area contributed by atoms with Gasteiger partial charge in [-0.1, -0.05) is 6.42 Å². The highest BCUT2D eigenvalue weighted by Gasteiger charge is 2.51. The smallest absolute Gasteiger partial charge is 0.252 e. The minimum atomic E-state index is -3.69. The van der Waals surface area contributed by atoms with Crippen molar-refractivity contribution in [1.29, 1.82) is 5.26 Å². The largest absolute Gasteiger partial charge is 0.374 e. The number of nitriles is 1. The van der Waals surface area contributed by atoms with E-state index >= 15 is 0 Å². The van der Waals surface area contributed by atoms with E-state index in [1.807, 2.05) is 6.07 Å². The van der Waals surface area contributed by atoms with Gasteiger partial charge in [0, 0.05) is 18.7 Å². The number of rotatable bonds is 5. The summed E-state index contributed by atoms with van der Waals surface area (Å²) in [6, 6.07) is 3.29. The van der Waals surface area contributed by atoms with Crippen molar-refractivity contribution in [3.05, 3.63) is 11.6 Å². The Bertz CT molecular complexity index is 815. The lowest BCUT2D eigenvalue weighted by Crippen LogP contribution is -2.35. The second kappa shape index (κ2) is 6.66. The van der Waals surface area contributed by atoms with Crippen LogP contribution in [0.25, 0.3) is 0 Å². The Morgan fingerprint density at radius 2 is 2.04 bits per heavy atom. The van der Waals surface area contributed by atoms with E-state index in [4.69, 9.17) is 11.0 Å². The first kappa shape index (κ1) is 18.3. The number of hydrogen-bond donors (Lipinski definition) is 3. The van der Waals surface area contributed by atoms with E-state index in [2.05, 4.69) is 5.32 Å². The molecule has 4 N–H and O–H groups in total. The van der Waals surface area contributed by atoms with Crippen LogP contribution in [0.3, 0.4) is 0 Å². The first-order chi connectivity index (χ1) is 11.8. The first-order valence-corrected chi connectivity index (χ1v) is 10.4. The number of nitrogens with two attached hydrogens (primary N) is 1. The zero-order valence-corrected chi connectivity index (χ0v) is 15.2. The Morgan fingerprint density at radius 1 is 1.40 bits per heavy atom. The van der Waals surface area contributed by atoms with Gasteiger partial charge in [-0.25, -0.2) is 8.42 Å². The standard InChI is InChI=1S/C15H20N4O4S2/c16-9-15(4-5-15)14(21)18-13-10(12(17)20)8-11(24-13)25(22,23)19-6-2-1-3-7-19/h8,12,20H,1-7,17H2,(H,18,21). The van der Waals surface area contributed by atoms with Crippen molar-refractivity contribution in [2.75, 3.05) is 18.4 Å². The van der Waals surface area contributed by atoms with E-state index in [0.717, 1.165) is 30.6 Å². The number of hydrogen-bond acceptors (Lipinski definition) is 7. The molecule has 1 unspecified atom stereocenters. The van der Waals surface area contributed by atoms with Crippen LogP contribution in [0.4, 0.5) is 5.00 Å². The van der Waals surface area contributed by atoms with E-state index in [1.165, 1.54) is 10.4 Å². The number of anilines is 1. The second-order valence-corrected chi connectivity index (χ2v) is 9.62.